The molecule has 0 aliphatic carbocycles. The number of piperidine rings is 1. The molecule has 0 saturated carbocycles. The molecule has 0 radical (unpaired) electrons. The number of H-pyrrole nitrogens is 2. The number of nitrogens with one attached hydrogen (secondary N) is 3. The maximum absolute atomic E-state index is 11.2. The van der Waals surface area contributed by atoms with E-state index >= 15 is 0 Å². The Bertz CT molecular complexity index is 333. The second-order valence-electron chi connectivity index (χ2n) is 3.64. The molecule has 0 bridgehead atoms. The highest BCUT2D eigenvalue weighted by molar-refractivity contribution is 5.19. The maximum Gasteiger partial charge on any atom is 0.267 e. The van der Waals surface area contributed by atoms with E-state index in [0.29, 0.717) is 5.92 Å². The minimum atomic E-state index is 0.0218. The quantitative estimate of drug-likeness (QED) is 0.590. The molecule has 1 aromatic heterocycles. The third kappa shape index (κ3) is 1.54. The summed E-state index contributed by atoms with van der Waals surface area (Å²) in [4.78, 5) is 11.2. The van der Waals surface area contributed by atoms with E-state index in [1.54, 1.807) is 0 Å². The smallest absolute Gasteiger partial charge is 0.267 e. The van der Waals surface area contributed by atoms with E-state index in [4.69, 9.17) is 0 Å². The second-order valence-corrected chi connectivity index (χ2v) is 3.64. The van der Waals surface area contributed by atoms with Crippen LogP contribution in [0, 0.1) is 6.92 Å². The Morgan fingerprint density at radius 3 is 2.46 bits per heavy atom. The lowest BCUT2D eigenvalue weighted by Crippen LogP contribution is -2.27. The summed E-state index contributed by atoms with van der Waals surface area (Å²) < 4.78 is 0. The zero-order chi connectivity index (χ0) is 9.26. The lowest BCUT2D eigenvalue weighted by molar-refractivity contribution is 0.451. The zero-order valence-corrected chi connectivity index (χ0v) is 7.81. The van der Waals surface area contributed by atoms with Crippen LogP contribution in [-0.2, 0) is 0 Å². The van der Waals surface area contributed by atoms with Crippen LogP contribution in [0.25, 0.3) is 0 Å². The van der Waals surface area contributed by atoms with Gasteiger partial charge in [0.05, 0.1) is 0 Å². The van der Waals surface area contributed by atoms with Gasteiger partial charge in [0.25, 0.3) is 5.56 Å². The molecule has 2 rings (SSSR count). The first-order valence-electron chi connectivity index (χ1n) is 4.77. The summed E-state index contributed by atoms with van der Waals surface area (Å²) in [6.07, 6.45) is 2.24. The predicted octanol–water partition coefficient (Wildman–Crippen LogP) is 0.478. The van der Waals surface area contributed by atoms with Crippen molar-refractivity contribution in [2.75, 3.05) is 13.1 Å². The van der Waals surface area contributed by atoms with Crippen LogP contribution in [0.5, 0.6) is 0 Å². The first-order valence-corrected chi connectivity index (χ1v) is 4.77. The monoisotopic (exact) mass is 181 g/mol. The van der Waals surface area contributed by atoms with Crippen molar-refractivity contribution < 1.29 is 0 Å². The molecule has 0 unspecified atom stereocenters. The van der Waals surface area contributed by atoms with Crippen molar-refractivity contribution in [3.8, 4) is 0 Å². The Kier molecular flexibility index (Phi) is 2.22. The fourth-order valence-corrected chi connectivity index (χ4v) is 1.95. The van der Waals surface area contributed by atoms with Gasteiger partial charge in [0, 0.05) is 17.2 Å². The van der Waals surface area contributed by atoms with Crippen molar-refractivity contribution in [1.29, 1.82) is 0 Å². The molecule has 0 aromatic carbocycles. The summed E-state index contributed by atoms with van der Waals surface area (Å²) in [6, 6.07) is 0. The van der Waals surface area contributed by atoms with Crippen LogP contribution in [0.2, 0.25) is 0 Å². The normalized spacial score (nSPS) is 19.2. The molecule has 1 saturated heterocycles. The highest BCUT2D eigenvalue weighted by atomic mass is 16.1. The number of aromatic amines is 2. The Hall–Kier alpha value is -1.03. The molecular formula is C9H15N3O. The number of hydrogen-bond donors (Lipinski definition) is 3. The van der Waals surface area contributed by atoms with Gasteiger partial charge in [0.2, 0.25) is 0 Å². The van der Waals surface area contributed by atoms with Crippen molar-refractivity contribution in [2.24, 2.45) is 0 Å². The Morgan fingerprint density at radius 1 is 1.23 bits per heavy atom. The number of hydrogen-bond acceptors (Lipinski definition) is 2. The number of rotatable bonds is 1. The molecular weight excluding hydrogens is 166 g/mol. The van der Waals surface area contributed by atoms with Gasteiger partial charge >= 0.3 is 0 Å². The summed E-state index contributed by atoms with van der Waals surface area (Å²) in [6.45, 7) is 3.99. The molecule has 0 atom stereocenters. The van der Waals surface area contributed by atoms with E-state index in [1.807, 2.05) is 6.92 Å². The maximum atomic E-state index is 11.2. The predicted molar refractivity (Wildman–Crippen MR) is 51.0 cm³/mol. The van der Waals surface area contributed by atoms with Crippen molar-refractivity contribution in [1.82, 2.24) is 15.5 Å². The molecule has 1 aliphatic rings. The third-order valence-corrected chi connectivity index (χ3v) is 2.80. The van der Waals surface area contributed by atoms with Crippen LogP contribution < -0.4 is 10.9 Å². The van der Waals surface area contributed by atoms with Gasteiger partial charge in [-0.15, -0.1) is 0 Å². The highest BCUT2D eigenvalue weighted by Crippen LogP contribution is 2.23. The van der Waals surface area contributed by atoms with Gasteiger partial charge in [0.15, 0.2) is 0 Å². The molecule has 3 N–H and O–H groups in total. The van der Waals surface area contributed by atoms with Gasteiger partial charge < -0.3 is 10.4 Å². The highest BCUT2D eigenvalue weighted by Gasteiger charge is 2.19. The van der Waals surface area contributed by atoms with Crippen LogP contribution in [0.1, 0.15) is 30.0 Å². The molecule has 0 spiro atoms. The zero-order valence-electron chi connectivity index (χ0n) is 7.81. The van der Waals surface area contributed by atoms with Gasteiger partial charge in [-0.3, -0.25) is 9.89 Å². The number of aromatic nitrogens is 2. The molecule has 1 aliphatic heterocycles. The van der Waals surface area contributed by atoms with Crippen molar-refractivity contribution in [3.05, 3.63) is 21.6 Å². The average molecular weight is 181 g/mol. The first-order chi connectivity index (χ1) is 6.29. The largest absolute Gasteiger partial charge is 0.317 e. The van der Waals surface area contributed by atoms with E-state index in [2.05, 4.69) is 15.5 Å². The van der Waals surface area contributed by atoms with E-state index in [-0.39, 0.29) is 5.56 Å². The Morgan fingerprint density at radius 2 is 1.92 bits per heavy atom. The van der Waals surface area contributed by atoms with E-state index in [9.17, 15) is 4.79 Å². The van der Waals surface area contributed by atoms with E-state index in [0.717, 1.165) is 37.2 Å². The van der Waals surface area contributed by atoms with Crippen molar-refractivity contribution in [3.63, 3.8) is 0 Å². The minimum Gasteiger partial charge on any atom is -0.317 e. The van der Waals surface area contributed by atoms with Crippen LogP contribution in [0.4, 0.5) is 0 Å². The molecule has 72 valence electrons. The SMILES string of the molecule is Cc1c(C2CCNCC2)[nH][nH]c1=O. The van der Waals surface area contributed by atoms with Crippen LogP contribution in [-0.4, -0.2) is 23.3 Å². The van der Waals surface area contributed by atoms with Gasteiger partial charge in [-0.25, -0.2) is 0 Å². The van der Waals surface area contributed by atoms with Gasteiger partial charge in [0.1, 0.15) is 0 Å². The Balaban J connectivity index is 2.23. The van der Waals surface area contributed by atoms with E-state index < -0.39 is 0 Å². The second kappa shape index (κ2) is 3.38. The lowest BCUT2D eigenvalue weighted by atomic mass is 9.93. The van der Waals surface area contributed by atoms with E-state index in [1.165, 1.54) is 0 Å². The van der Waals surface area contributed by atoms with Crippen molar-refractivity contribution >= 4 is 0 Å². The third-order valence-electron chi connectivity index (χ3n) is 2.80. The lowest BCUT2D eigenvalue weighted by Gasteiger charge is -2.21. The van der Waals surface area contributed by atoms with Gasteiger partial charge in [-0.05, 0) is 32.9 Å². The van der Waals surface area contributed by atoms with Crippen molar-refractivity contribution in [2.45, 2.75) is 25.7 Å². The molecule has 4 nitrogen and oxygen atoms in total. The van der Waals surface area contributed by atoms with Crippen LogP contribution in [0.15, 0.2) is 4.79 Å². The molecule has 13 heavy (non-hydrogen) atoms. The van der Waals surface area contributed by atoms with Gasteiger partial charge in [-0.2, -0.15) is 0 Å². The molecule has 4 heteroatoms. The Labute approximate surface area is 76.7 Å². The fourth-order valence-electron chi connectivity index (χ4n) is 1.95. The fraction of sp³-hybridized carbons (Fsp3) is 0.667. The summed E-state index contributed by atoms with van der Waals surface area (Å²) in [7, 11) is 0. The molecule has 0 amide bonds. The average Bonchev–Trinajstić information content (AvgIpc) is 2.49. The standard InChI is InChI=1S/C9H15N3O/c1-6-8(11-12-9(6)13)7-2-4-10-5-3-7/h7,10H,2-5H2,1H3,(H2,11,12,13). The summed E-state index contributed by atoms with van der Waals surface area (Å²) >= 11 is 0. The van der Waals surface area contributed by atoms with Crippen LogP contribution in [0.3, 0.4) is 0 Å². The summed E-state index contributed by atoms with van der Waals surface area (Å²) in [5.41, 5.74) is 1.98. The topological polar surface area (TPSA) is 60.7 Å². The summed E-state index contributed by atoms with van der Waals surface area (Å²) in [5.74, 6) is 0.528. The first kappa shape index (κ1) is 8.56. The molecule has 1 aromatic rings. The van der Waals surface area contributed by atoms with Crippen LogP contribution >= 0.6 is 0 Å². The van der Waals surface area contributed by atoms with Gasteiger partial charge in [-0.1, -0.05) is 0 Å². The molecule has 2 heterocycles. The molecule has 1 fully saturated rings. The summed E-state index contributed by atoms with van der Waals surface area (Å²) in [5, 5.41) is 8.92. The minimum absolute atomic E-state index is 0.0218.